The van der Waals surface area contributed by atoms with Gasteiger partial charge in [-0.2, -0.15) is 0 Å². The van der Waals surface area contributed by atoms with E-state index in [1.54, 1.807) is 0 Å². The fourth-order valence-corrected chi connectivity index (χ4v) is 3.20. The Labute approximate surface area is 166 Å². The van der Waals surface area contributed by atoms with Crippen molar-refractivity contribution in [3.8, 4) is 11.5 Å². The average molecular weight is 374 g/mol. The van der Waals surface area contributed by atoms with Gasteiger partial charge in [0.15, 0.2) is 5.75 Å². The van der Waals surface area contributed by atoms with Crippen molar-refractivity contribution in [2.24, 2.45) is 0 Å². The molecule has 0 aliphatic rings. The second kappa shape index (κ2) is 8.61. The van der Waals surface area contributed by atoms with Crippen LogP contribution in [-0.2, 0) is 4.79 Å². The van der Waals surface area contributed by atoms with E-state index in [0.29, 0.717) is 5.75 Å². The minimum Gasteiger partial charge on any atom is -0.455 e. The Hall–Kier alpha value is -3.27. The SMILES string of the molecule is Cc1cc(C)c(NC(=O)[C@@H](C)Nc2ccccc2Oc2ccccc2)c(C)c1. The topological polar surface area (TPSA) is 50.4 Å². The van der Waals surface area contributed by atoms with Gasteiger partial charge in [-0.1, -0.05) is 48.0 Å². The summed E-state index contributed by atoms with van der Waals surface area (Å²) < 4.78 is 5.97. The first-order valence-electron chi connectivity index (χ1n) is 9.41. The molecule has 3 aromatic rings. The van der Waals surface area contributed by atoms with Gasteiger partial charge in [-0.15, -0.1) is 0 Å². The lowest BCUT2D eigenvalue weighted by molar-refractivity contribution is -0.116. The molecule has 0 aliphatic heterocycles. The number of nitrogens with one attached hydrogen (secondary N) is 2. The van der Waals surface area contributed by atoms with Crippen molar-refractivity contribution < 1.29 is 9.53 Å². The lowest BCUT2D eigenvalue weighted by Gasteiger charge is -2.19. The van der Waals surface area contributed by atoms with Gasteiger partial charge in [-0.3, -0.25) is 4.79 Å². The lowest BCUT2D eigenvalue weighted by atomic mass is 10.0. The van der Waals surface area contributed by atoms with Crippen molar-refractivity contribution in [2.75, 3.05) is 10.6 Å². The van der Waals surface area contributed by atoms with Crippen molar-refractivity contribution in [1.82, 2.24) is 0 Å². The highest BCUT2D eigenvalue weighted by atomic mass is 16.5. The molecule has 0 aromatic heterocycles. The monoisotopic (exact) mass is 374 g/mol. The van der Waals surface area contributed by atoms with Crippen molar-refractivity contribution in [2.45, 2.75) is 33.7 Å². The van der Waals surface area contributed by atoms with Gasteiger partial charge < -0.3 is 15.4 Å². The average Bonchev–Trinajstić information content (AvgIpc) is 2.66. The molecule has 0 saturated carbocycles. The van der Waals surface area contributed by atoms with E-state index in [4.69, 9.17) is 4.74 Å². The molecule has 0 unspecified atom stereocenters. The number of hydrogen-bond donors (Lipinski definition) is 2. The highest BCUT2D eigenvalue weighted by molar-refractivity contribution is 5.97. The first kappa shape index (κ1) is 19.5. The number of hydrogen-bond acceptors (Lipinski definition) is 3. The molecule has 0 heterocycles. The summed E-state index contributed by atoms with van der Waals surface area (Å²) in [6.07, 6.45) is 0. The third-order valence-corrected chi connectivity index (χ3v) is 4.55. The highest BCUT2D eigenvalue weighted by Gasteiger charge is 2.17. The number of benzene rings is 3. The maximum Gasteiger partial charge on any atom is 0.246 e. The van der Waals surface area contributed by atoms with Crippen LogP contribution in [0, 0.1) is 20.8 Å². The first-order chi connectivity index (χ1) is 13.4. The Bertz CT molecular complexity index is 944. The van der Waals surface area contributed by atoms with Crippen LogP contribution in [-0.4, -0.2) is 11.9 Å². The van der Waals surface area contributed by atoms with E-state index in [9.17, 15) is 4.79 Å². The number of amides is 1. The molecule has 0 bridgehead atoms. The molecule has 1 atom stereocenters. The summed E-state index contributed by atoms with van der Waals surface area (Å²) in [4.78, 5) is 12.8. The fraction of sp³-hybridized carbons (Fsp3) is 0.208. The Balaban J connectivity index is 1.73. The summed E-state index contributed by atoms with van der Waals surface area (Å²) in [7, 11) is 0. The van der Waals surface area contributed by atoms with Gasteiger partial charge in [0.2, 0.25) is 5.91 Å². The van der Waals surface area contributed by atoms with E-state index in [0.717, 1.165) is 28.3 Å². The van der Waals surface area contributed by atoms with Gasteiger partial charge in [0.1, 0.15) is 11.8 Å². The number of carbonyl (C=O) groups is 1. The van der Waals surface area contributed by atoms with Gasteiger partial charge >= 0.3 is 0 Å². The Kier molecular flexibility index (Phi) is 5.99. The van der Waals surface area contributed by atoms with Crippen LogP contribution in [0.2, 0.25) is 0 Å². The van der Waals surface area contributed by atoms with Crippen LogP contribution in [0.5, 0.6) is 11.5 Å². The molecule has 2 N–H and O–H groups in total. The number of carbonyl (C=O) groups excluding carboxylic acids is 1. The molecule has 3 aromatic carbocycles. The smallest absolute Gasteiger partial charge is 0.246 e. The van der Waals surface area contributed by atoms with Gasteiger partial charge in [-0.25, -0.2) is 0 Å². The van der Waals surface area contributed by atoms with E-state index in [1.165, 1.54) is 5.56 Å². The van der Waals surface area contributed by atoms with Crippen LogP contribution >= 0.6 is 0 Å². The molecular weight excluding hydrogens is 348 g/mol. The molecule has 0 fully saturated rings. The molecule has 0 radical (unpaired) electrons. The summed E-state index contributed by atoms with van der Waals surface area (Å²) in [5, 5.41) is 6.32. The van der Waals surface area contributed by atoms with E-state index in [1.807, 2.05) is 75.4 Å². The first-order valence-corrected chi connectivity index (χ1v) is 9.41. The van der Waals surface area contributed by atoms with E-state index in [-0.39, 0.29) is 5.91 Å². The number of rotatable bonds is 6. The quantitative estimate of drug-likeness (QED) is 0.569. The Morgan fingerprint density at radius 2 is 1.50 bits per heavy atom. The molecule has 0 aliphatic carbocycles. The zero-order valence-electron chi connectivity index (χ0n) is 16.7. The normalized spacial score (nSPS) is 11.6. The van der Waals surface area contributed by atoms with Crippen molar-refractivity contribution >= 4 is 17.3 Å². The minimum atomic E-state index is -0.430. The third kappa shape index (κ3) is 4.71. The maximum absolute atomic E-state index is 12.8. The molecule has 0 spiro atoms. The zero-order chi connectivity index (χ0) is 20.1. The summed E-state index contributed by atoms with van der Waals surface area (Å²) in [6.45, 7) is 7.92. The molecule has 0 saturated heterocycles. The number of para-hydroxylation sites is 3. The standard InChI is InChI=1S/C24H26N2O2/c1-16-14-17(2)23(18(3)15-16)26-24(27)19(4)25-21-12-8-9-13-22(21)28-20-10-6-5-7-11-20/h5-15,19,25H,1-4H3,(H,26,27)/t19-/m1/s1. The largest absolute Gasteiger partial charge is 0.455 e. The molecular formula is C24H26N2O2. The third-order valence-electron chi connectivity index (χ3n) is 4.55. The number of ether oxygens (including phenoxy) is 1. The maximum atomic E-state index is 12.8. The van der Waals surface area contributed by atoms with Crippen LogP contribution in [0.4, 0.5) is 11.4 Å². The van der Waals surface area contributed by atoms with Crippen LogP contribution in [0.1, 0.15) is 23.6 Å². The van der Waals surface area contributed by atoms with Gasteiger partial charge in [0.25, 0.3) is 0 Å². The molecule has 3 rings (SSSR count). The van der Waals surface area contributed by atoms with Gasteiger partial charge in [0, 0.05) is 5.69 Å². The zero-order valence-corrected chi connectivity index (χ0v) is 16.7. The van der Waals surface area contributed by atoms with Crippen molar-refractivity contribution in [1.29, 1.82) is 0 Å². The Morgan fingerprint density at radius 3 is 2.18 bits per heavy atom. The van der Waals surface area contributed by atoms with Crippen LogP contribution in [0.3, 0.4) is 0 Å². The van der Waals surface area contributed by atoms with E-state index in [2.05, 4.69) is 29.7 Å². The molecule has 1 amide bonds. The summed E-state index contributed by atoms with van der Waals surface area (Å²) in [5.41, 5.74) is 4.95. The number of anilines is 2. The number of aryl methyl sites for hydroxylation is 3. The van der Waals surface area contributed by atoms with Gasteiger partial charge in [-0.05, 0) is 63.1 Å². The van der Waals surface area contributed by atoms with Crippen LogP contribution < -0.4 is 15.4 Å². The predicted octanol–water partition coefficient (Wildman–Crippen LogP) is 5.84. The van der Waals surface area contributed by atoms with Crippen molar-refractivity contribution in [3.63, 3.8) is 0 Å². The fourth-order valence-electron chi connectivity index (χ4n) is 3.20. The lowest BCUT2D eigenvalue weighted by Crippen LogP contribution is -2.32. The summed E-state index contributed by atoms with van der Waals surface area (Å²) >= 11 is 0. The molecule has 4 nitrogen and oxygen atoms in total. The van der Waals surface area contributed by atoms with Crippen molar-refractivity contribution in [3.05, 3.63) is 83.4 Å². The second-order valence-corrected chi connectivity index (χ2v) is 7.04. The van der Waals surface area contributed by atoms with E-state index < -0.39 is 6.04 Å². The second-order valence-electron chi connectivity index (χ2n) is 7.04. The predicted molar refractivity (Wildman–Crippen MR) is 115 cm³/mol. The van der Waals surface area contributed by atoms with Crippen LogP contribution in [0.25, 0.3) is 0 Å². The van der Waals surface area contributed by atoms with Gasteiger partial charge in [0.05, 0.1) is 5.69 Å². The van der Waals surface area contributed by atoms with Crippen LogP contribution in [0.15, 0.2) is 66.7 Å². The molecule has 144 valence electrons. The highest BCUT2D eigenvalue weighted by Crippen LogP contribution is 2.30. The van der Waals surface area contributed by atoms with E-state index >= 15 is 0 Å². The summed E-state index contributed by atoms with van der Waals surface area (Å²) in [5.74, 6) is 1.33. The Morgan fingerprint density at radius 1 is 0.893 bits per heavy atom. The molecule has 28 heavy (non-hydrogen) atoms. The summed E-state index contributed by atoms with van der Waals surface area (Å²) in [6, 6.07) is 20.9. The molecule has 4 heteroatoms. The minimum absolute atomic E-state index is 0.0930.